The monoisotopic (exact) mass is 517 g/mol. The summed E-state index contributed by atoms with van der Waals surface area (Å²) in [4.78, 5) is 32.8. The molecular formula is C29H31N3O4S. The normalized spacial score (nSPS) is 20.8. The van der Waals surface area contributed by atoms with Crippen LogP contribution in [-0.2, 0) is 19.6 Å². The molecule has 0 aliphatic carbocycles. The summed E-state index contributed by atoms with van der Waals surface area (Å²) in [5.41, 5.74) is 3.01. The molecule has 2 aliphatic heterocycles. The second kappa shape index (κ2) is 10.2. The van der Waals surface area contributed by atoms with Crippen LogP contribution in [0.4, 0.5) is 0 Å². The van der Waals surface area contributed by atoms with Gasteiger partial charge in [0.15, 0.2) is 10.8 Å². The Hall–Kier alpha value is -3.36. The van der Waals surface area contributed by atoms with Crippen molar-refractivity contribution < 1.29 is 18.0 Å². The van der Waals surface area contributed by atoms with E-state index in [1.54, 1.807) is 17.0 Å². The standard InChI is InChI=1S/C29H31N3O4S/c1-20(2)17-24(23-12-8-11-22(18-23)21-9-4-3-5-10-21)29(34)31-16-14-25-28(31)26(33)19-32(25)37(35,36)27-13-6-7-15-30-27/h3-13,15,18,20,24-25,28H,14,16-17,19H2,1-2H3. The fraction of sp³-hybridized carbons (Fsp3) is 0.345. The zero-order valence-electron chi connectivity index (χ0n) is 21.0. The van der Waals surface area contributed by atoms with Crippen LogP contribution in [0, 0.1) is 5.92 Å². The van der Waals surface area contributed by atoms with Gasteiger partial charge in [-0.1, -0.05) is 74.5 Å². The minimum atomic E-state index is -3.94. The lowest BCUT2D eigenvalue weighted by Gasteiger charge is -2.29. The molecule has 0 bridgehead atoms. The van der Waals surface area contributed by atoms with Gasteiger partial charge in [-0.2, -0.15) is 4.31 Å². The summed E-state index contributed by atoms with van der Waals surface area (Å²) in [7, 11) is -3.94. The van der Waals surface area contributed by atoms with Crippen molar-refractivity contribution in [1.29, 1.82) is 0 Å². The highest BCUT2D eigenvalue weighted by atomic mass is 32.2. The molecule has 192 valence electrons. The van der Waals surface area contributed by atoms with Gasteiger partial charge in [-0.05, 0) is 47.6 Å². The van der Waals surface area contributed by atoms with Gasteiger partial charge in [-0.25, -0.2) is 13.4 Å². The zero-order chi connectivity index (χ0) is 26.2. The molecule has 7 nitrogen and oxygen atoms in total. The first-order chi connectivity index (χ1) is 17.8. The quantitative estimate of drug-likeness (QED) is 0.471. The lowest BCUT2D eigenvalue weighted by Crippen LogP contribution is -2.45. The third-order valence-corrected chi connectivity index (χ3v) is 9.06. The topological polar surface area (TPSA) is 87.7 Å². The minimum absolute atomic E-state index is 0.0800. The van der Waals surface area contributed by atoms with Crippen LogP contribution in [0.25, 0.3) is 11.1 Å². The molecule has 0 N–H and O–H groups in total. The molecule has 3 aromatic rings. The average molecular weight is 518 g/mol. The predicted molar refractivity (Wildman–Crippen MR) is 141 cm³/mol. The van der Waals surface area contributed by atoms with Crippen LogP contribution in [0.1, 0.15) is 38.2 Å². The van der Waals surface area contributed by atoms with Crippen molar-refractivity contribution in [2.45, 2.75) is 49.7 Å². The molecule has 3 atom stereocenters. The number of pyridine rings is 1. The van der Waals surface area contributed by atoms with Gasteiger partial charge in [0.05, 0.1) is 18.5 Å². The van der Waals surface area contributed by atoms with Gasteiger partial charge >= 0.3 is 0 Å². The molecule has 2 aromatic carbocycles. The Morgan fingerprint density at radius 1 is 1.00 bits per heavy atom. The average Bonchev–Trinajstić information content (AvgIpc) is 3.49. The molecule has 1 aromatic heterocycles. The zero-order valence-corrected chi connectivity index (χ0v) is 21.8. The summed E-state index contributed by atoms with van der Waals surface area (Å²) in [5, 5.41) is -0.0800. The maximum atomic E-state index is 14.0. The largest absolute Gasteiger partial charge is 0.330 e. The van der Waals surface area contributed by atoms with Crippen LogP contribution in [0.5, 0.6) is 0 Å². The van der Waals surface area contributed by atoms with Crippen molar-refractivity contribution in [3.63, 3.8) is 0 Å². The first kappa shape index (κ1) is 25.3. The van der Waals surface area contributed by atoms with E-state index in [2.05, 4.69) is 24.9 Å². The first-order valence-electron chi connectivity index (χ1n) is 12.7. The molecule has 37 heavy (non-hydrogen) atoms. The Morgan fingerprint density at radius 3 is 2.43 bits per heavy atom. The van der Waals surface area contributed by atoms with Gasteiger partial charge in [0.1, 0.15) is 6.04 Å². The number of hydrogen-bond acceptors (Lipinski definition) is 5. The second-order valence-corrected chi connectivity index (χ2v) is 12.0. The number of nitrogens with zero attached hydrogens (tertiary/aromatic N) is 3. The molecule has 2 saturated heterocycles. The smallest absolute Gasteiger partial charge is 0.261 e. The number of rotatable bonds is 7. The van der Waals surface area contributed by atoms with E-state index in [4.69, 9.17) is 0 Å². The van der Waals surface area contributed by atoms with Gasteiger partial charge in [0.2, 0.25) is 5.91 Å². The van der Waals surface area contributed by atoms with Gasteiger partial charge in [-0.15, -0.1) is 0 Å². The highest BCUT2D eigenvalue weighted by molar-refractivity contribution is 7.89. The number of benzene rings is 2. The van der Waals surface area contributed by atoms with Gasteiger partial charge in [0, 0.05) is 12.7 Å². The minimum Gasteiger partial charge on any atom is -0.330 e. The highest BCUT2D eigenvalue weighted by Crippen LogP contribution is 2.37. The highest BCUT2D eigenvalue weighted by Gasteiger charge is 2.54. The van der Waals surface area contributed by atoms with Gasteiger partial charge in [0.25, 0.3) is 10.0 Å². The maximum absolute atomic E-state index is 14.0. The Kier molecular flexibility index (Phi) is 6.96. The third kappa shape index (κ3) is 4.83. The van der Waals surface area contributed by atoms with E-state index < -0.39 is 28.0 Å². The molecular weight excluding hydrogens is 486 g/mol. The van der Waals surface area contributed by atoms with E-state index in [-0.39, 0.29) is 29.2 Å². The molecule has 3 unspecified atom stereocenters. The SMILES string of the molecule is CC(C)CC(C(=O)N1CCC2C1C(=O)CN2S(=O)(=O)c1ccccn1)c1cccc(-c2ccccc2)c1. The molecule has 0 saturated carbocycles. The van der Waals surface area contributed by atoms with E-state index in [0.717, 1.165) is 16.7 Å². The number of amides is 1. The summed E-state index contributed by atoms with van der Waals surface area (Å²) >= 11 is 0. The van der Waals surface area contributed by atoms with Crippen LogP contribution in [-0.4, -0.2) is 59.5 Å². The molecule has 2 fully saturated rings. The van der Waals surface area contributed by atoms with E-state index in [9.17, 15) is 18.0 Å². The first-order valence-corrected chi connectivity index (χ1v) is 14.1. The molecule has 2 aliphatic rings. The van der Waals surface area contributed by atoms with Crippen LogP contribution in [0.3, 0.4) is 0 Å². The van der Waals surface area contributed by atoms with E-state index in [0.29, 0.717) is 19.4 Å². The molecule has 0 radical (unpaired) electrons. The van der Waals surface area contributed by atoms with Gasteiger partial charge < -0.3 is 4.90 Å². The Labute approximate surface area is 218 Å². The van der Waals surface area contributed by atoms with Crippen molar-refractivity contribution >= 4 is 21.7 Å². The van der Waals surface area contributed by atoms with E-state index >= 15 is 0 Å². The summed E-state index contributed by atoms with van der Waals surface area (Å²) in [6.07, 6.45) is 2.48. The Morgan fingerprint density at radius 2 is 1.73 bits per heavy atom. The van der Waals surface area contributed by atoms with Gasteiger partial charge in [-0.3, -0.25) is 9.59 Å². The van der Waals surface area contributed by atoms with Crippen LogP contribution < -0.4 is 0 Å². The molecule has 8 heteroatoms. The van der Waals surface area contributed by atoms with Crippen molar-refractivity contribution in [1.82, 2.24) is 14.2 Å². The number of aromatic nitrogens is 1. The van der Waals surface area contributed by atoms with E-state index in [1.165, 1.54) is 16.6 Å². The molecule has 0 spiro atoms. The number of carbonyl (C=O) groups excluding carboxylic acids is 2. The second-order valence-electron chi connectivity index (χ2n) is 10.2. The number of Topliss-reactive ketones (excluding diaryl/α,β-unsaturated/α-hetero) is 1. The van der Waals surface area contributed by atoms with Crippen LogP contribution >= 0.6 is 0 Å². The number of hydrogen-bond donors (Lipinski definition) is 0. The molecule has 1 amide bonds. The summed E-state index contributed by atoms with van der Waals surface area (Å²) < 4.78 is 27.8. The Balaban J connectivity index is 1.44. The number of likely N-dealkylation sites (tertiary alicyclic amines) is 1. The number of ketones is 1. The third-order valence-electron chi connectivity index (χ3n) is 7.27. The Bertz CT molecular complexity index is 1390. The van der Waals surface area contributed by atoms with Crippen LogP contribution in [0.2, 0.25) is 0 Å². The number of sulfonamides is 1. The van der Waals surface area contributed by atoms with Crippen molar-refractivity contribution in [2.75, 3.05) is 13.1 Å². The molecule has 5 rings (SSSR count). The fourth-order valence-electron chi connectivity index (χ4n) is 5.58. The van der Waals surface area contributed by atoms with Crippen molar-refractivity contribution in [3.05, 3.63) is 84.6 Å². The van der Waals surface area contributed by atoms with E-state index in [1.807, 2.05) is 48.5 Å². The summed E-state index contributed by atoms with van der Waals surface area (Å²) in [6, 6.07) is 21.4. The maximum Gasteiger partial charge on any atom is 0.261 e. The number of fused-ring (bicyclic) bond motifs is 1. The lowest BCUT2D eigenvalue weighted by atomic mass is 9.87. The lowest BCUT2D eigenvalue weighted by molar-refractivity contribution is -0.138. The summed E-state index contributed by atoms with van der Waals surface area (Å²) in [5.74, 6) is -0.516. The van der Waals surface area contributed by atoms with Crippen LogP contribution in [0.15, 0.2) is 84.0 Å². The predicted octanol–water partition coefficient (Wildman–Crippen LogP) is 4.12. The van der Waals surface area contributed by atoms with Crippen molar-refractivity contribution in [3.8, 4) is 11.1 Å². The van der Waals surface area contributed by atoms with Crippen molar-refractivity contribution in [2.24, 2.45) is 5.92 Å². The molecule has 3 heterocycles. The summed E-state index contributed by atoms with van der Waals surface area (Å²) in [6.45, 7) is 4.27. The number of carbonyl (C=O) groups is 2. The fourth-order valence-corrected chi connectivity index (χ4v) is 7.14.